The first-order valence-corrected chi connectivity index (χ1v) is 6.69. The first kappa shape index (κ1) is 15.7. The van der Waals surface area contributed by atoms with Gasteiger partial charge < -0.3 is 5.32 Å². The van der Waals surface area contributed by atoms with Gasteiger partial charge in [0.25, 0.3) is 0 Å². The molecule has 0 bridgehead atoms. The average molecular weight is 266 g/mol. The van der Waals surface area contributed by atoms with Crippen molar-refractivity contribution in [2.75, 3.05) is 14.1 Å². The van der Waals surface area contributed by atoms with E-state index in [9.17, 15) is 4.79 Å². The number of hydrogen-bond acceptors (Lipinski definition) is 3. The number of amides is 1. The number of aromatic amines is 1. The molecule has 2 N–H and O–H groups in total. The van der Waals surface area contributed by atoms with Crippen molar-refractivity contribution in [1.29, 1.82) is 0 Å². The fourth-order valence-electron chi connectivity index (χ4n) is 1.78. The van der Waals surface area contributed by atoms with E-state index in [4.69, 9.17) is 0 Å². The summed E-state index contributed by atoms with van der Waals surface area (Å²) >= 11 is 0. The van der Waals surface area contributed by atoms with Gasteiger partial charge in [0.2, 0.25) is 5.91 Å². The number of rotatable bonds is 5. The lowest BCUT2D eigenvalue weighted by molar-refractivity contribution is -0.121. The SMILES string of the molecule is CNC(=O)CC(C)N(C)Cc1cc(C(C)(C)C)n[nH]1. The van der Waals surface area contributed by atoms with Gasteiger partial charge in [0.15, 0.2) is 0 Å². The second kappa shape index (κ2) is 6.19. The molecule has 1 atom stereocenters. The number of carbonyl (C=O) groups excluding carboxylic acids is 1. The summed E-state index contributed by atoms with van der Waals surface area (Å²) in [6.45, 7) is 9.25. The molecule has 1 unspecified atom stereocenters. The summed E-state index contributed by atoms with van der Waals surface area (Å²) in [5.41, 5.74) is 2.20. The van der Waals surface area contributed by atoms with E-state index in [2.05, 4.69) is 54.2 Å². The quantitative estimate of drug-likeness (QED) is 0.852. The van der Waals surface area contributed by atoms with Gasteiger partial charge in [-0.3, -0.25) is 14.8 Å². The number of hydrogen-bond donors (Lipinski definition) is 2. The van der Waals surface area contributed by atoms with Gasteiger partial charge in [0, 0.05) is 37.2 Å². The summed E-state index contributed by atoms with van der Waals surface area (Å²) in [6, 6.07) is 2.30. The third kappa shape index (κ3) is 4.67. The van der Waals surface area contributed by atoms with Crippen LogP contribution >= 0.6 is 0 Å². The van der Waals surface area contributed by atoms with Gasteiger partial charge in [0.1, 0.15) is 0 Å². The molecule has 5 heteroatoms. The number of nitrogens with one attached hydrogen (secondary N) is 2. The normalized spacial score (nSPS) is 13.6. The molecule has 0 saturated heterocycles. The van der Waals surface area contributed by atoms with Crippen molar-refractivity contribution >= 4 is 5.91 Å². The summed E-state index contributed by atoms with van der Waals surface area (Å²) in [6.07, 6.45) is 0.507. The molecule has 0 saturated carbocycles. The zero-order chi connectivity index (χ0) is 14.6. The van der Waals surface area contributed by atoms with E-state index in [-0.39, 0.29) is 17.4 Å². The summed E-state index contributed by atoms with van der Waals surface area (Å²) in [5.74, 6) is 0.0688. The number of nitrogens with zero attached hydrogens (tertiary/aromatic N) is 2. The van der Waals surface area contributed by atoms with Crippen LogP contribution in [0.15, 0.2) is 6.07 Å². The molecule has 108 valence electrons. The van der Waals surface area contributed by atoms with Crippen LogP contribution in [0.1, 0.15) is 45.5 Å². The molecule has 0 fully saturated rings. The molecule has 1 aromatic heterocycles. The van der Waals surface area contributed by atoms with E-state index in [0.717, 1.165) is 17.9 Å². The fraction of sp³-hybridized carbons (Fsp3) is 0.714. The Morgan fingerprint density at radius 3 is 2.63 bits per heavy atom. The molecule has 5 nitrogen and oxygen atoms in total. The summed E-state index contributed by atoms with van der Waals surface area (Å²) in [5, 5.41) is 10.1. The Bertz CT molecular complexity index is 419. The summed E-state index contributed by atoms with van der Waals surface area (Å²) < 4.78 is 0. The topological polar surface area (TPSA) is 61.0 Å². The smallest absolute Gasteiger partial charge is 0.221 e. The molecule has 0 aromatic carbocycles. The Labute approximate surface area is 115 Å². The number of aromatic nitrogens is 2. The van der Waals surface area contributed by atoms with Crippen LogP contribution in [0.5, 0.6) is 0 Å². The van der Waals surface area contributed by atoms with Crippen molar-refractivity contribution in [1.82, 2.24) is 20.4 Å². The molecule has 1 heterocycles. The molecule has 0 aliphatic heterocycles. The zero-order valence-corrected chi connectivity index (χ0v) is 12.9. The molecule has 0 aliphatic carbocycles. The van der Waals surface area contributed by atoms with Gasteiger partial charge in [-0.1, -0.05) is 20.8 Å². The van der Waals surface area contributed by atoms with Crippen molar-refractivity contribution in [2.45, 2.75) is 52.1 Å². The van der Waals surface area contributed by atoms with E-state index in [1.807, 2.05) is 7.05 Å². The summed E-state index contributed by atoms with van der Waals surface area (Å²) in [4.78, 5) is 13.5. The minimum absolute atomic E-state index is 0.0566. The highest BCUT2D eigenvalue weighted by molar-refractivity contribution is 5.76. The van der Waals surface area contributed by atoms with Crippen LogP contribution < -0.4 is 5.32 Å². The standard InChI is InChI=1S/C14H26N4O/c1-10(7-13(19)15-5)18(6)9-11-8-12(17-16-11)14(2,3)4/h8,10H,7,9H2,1-6H3,(H,15,19)(H,16,17). The van der Waals surface area contributed by atoms with Gasteiger partial charge in [-0.15, -0.1) is 0 Å². The van der Waals surface area contributed by atoms with E-state index < -0.39 is 0 Å². The van der Waals surface area contributed by atoms with E-state index in [1.54, 1.807) is 7.05 Å². The van der Waals surface area contributed by atoms with Crippen molar-refractivity contribution in [3.8, 4) is 0 Å². The molecule has 1 amide bonds. The number of H-pyrrole nitrogens is 1. The van der Waals surface area contributed by atoms with Crippen molar-refractivity contribution < 1.29 is 4.79 Å². The Morgan fingerprint density at radius 2 is 2.16 bits per heavy atom. The highest BCUT2D eigenvalue weighted by atomic mass is 16.1. The second-order valence-electron chi connectivity index (χ2n) is 6.17. The van der Waals surface area contributed by atoms with Gasteiger partial charge in [0.05, 0.1) is 5.69 Å². The van der Waals surface area contributed by atoms with Crippen LogP contribution in [0.3, 0.4) is 0 Å². The van der Waals surface area contributed by atoms with E-state index >= 15 is 0 Å². The van der Waals surface area contributed by atoms with Gasteiger partial charge in [-0.05, 0) is 20.0 Å². The molecule has 1 aromatic rings. The highest BCUT2D eigenvalue weighted by Gasteiger charge is 2.19. The Balaban J connectivity index is 2.59. The largest absolute Gasteiger partial charge is 0.359 e. The fourth-order valence-corrected chi connectivity index (χ4v) is 1.78. The third-order valence-electron chi connectivity index (χ3n) is 3.33. The predicted octanol–water partition coefficient (Wildman–Crippen LogP) is 1.66. The Kier molecular flexibility index (Phi) is 5.11. The molecule has 0 aliphatic rings. The van der Waals surface area contributed by atoms with Crippen molar-refractivity contribution in [3.63, 3.8) is 0 Å². The van der Waals surface area contributed by atoms with Crippen molar-refractivity contribution in [3.05, 3.63) is 17.5 Å². The highest BCUT2D eigenvalue weighted by Crippen LogP contribution is 2.20. The third-order valence-corrected chi connectivity index (χ3v) is 3.33. The number of carbonyl (C=O) groups is 1. The first-order valence-electron chi connectivity index (χ1n) is 6.69. The van der Waals surface area contributed by atoms with Crippen LogP contribution in [0.25, 0.3) is 0 Å². The average Bonchev–Trinajstić information content (AvgIpc) is 2.76. The molecule has 19 heavy (non-hydrogen) atoms. The van der Waals surface area contributed by atoms with Crippen LogP contribution in [0.2, 0.25) is 0 Å². The molecule has 0 spiro atoms. The van der Waals surface area contributed by atoms with Crippen LogP contribution in [-0.2, 0) is 16.8 Å². The van der Waals surface area contributed by atoms with Crippen LogP contribution in [0, 0.1) is 0 Å². The second-order valence-corrected chi connectivity index (χ2v) is 6.17. The lowest BCUT2D eigenvalue weighted by Crippen LogP contribution is -2.33. The van der Waals surface area contributed by atoms with Gasteiger partial charge >= 0.3 is 0 Å². The predicted molar refractivity (Wildman–Crippen MR) is 76.9 cm³/mol. The van der Waals surface area contributed by atoms with Crippen LogP contribution in [0.4, 0.5) is 0 Å². The molecular weight excluding hydrogens is 240 g/mol. The van der Waals surface area contributed by atoms with Gasteiger partial charge in [-0.2, -0.15) is 5.10 Å². The minimum Gasteiger partial charge on any atom is -0.359 e. The molecule has 1 rings (SSSR count). The Hall–Kier alpha value is -1.36. The van der Waals surface area contributed by atoms with E-state index in [1.165, 1.54) is 0 Å². The maximum absolute atomic E-state index is 11.4. The summed E-state index contributed by atoms with van der Waals surface area (Å²) in [7, 11) is 3.69. The zero-order valence-electron chi connectivity index (χ0n) is 12.9. The molecular formula is C14H26N4O. The van der Waals surface area contributed by atoms with Crippen molar-refractivity contribution in [2.24, 2.45) is 0 Å². The molecule has 0 radical (unpaired) electrons. The van der Waals surface area contributed by atoms with Gasteiger partial charge in [-0.25, -0.2) is 0 Å². The minimum atomic E-state index is 0.0566. The van der Waals surface area contributed by atoms with Crippen LogP contribution in [-0.4, -0.2) is 41.1 Å². The monoisotopic (exact) mass is 266 g/mol. The lowest BCUT2D eigenvalue weighted by atomic mass is 9.92. The maximum atomic E-state index is 11.4. The van der Waals surface area contributed by atoms with E-state index in [0.29, 0.717) is 6.42 Å². The maximum Gasteiger partial charge on any atom is 0.221 e. The Morgan fingerprint density at radius 1 is 1.53 bits per heavy atom. The lowest BCUT2D eigenvalue weighted by Gasteiger charge is -2.23. The first-order chi connectivity index (χ1) is 8.74.